The summed E-state index contributed by atoms with van der Waals surface area (Å²) >= 11 is 0. The minimum atomic E-state index is -5.01. The van der Waals surface area contributed by atoms with Crippen molar-refractivity contribution >= 4 is 5.82 Å². The average molecular weight is 228 g/mol. The highest BCUT2D eigenvalue weighted by atomic mass is 19.4. The van der Waals surface area contributed by atoms with Gasteiger partial charge in [-0.15, -0.1) is 0 Å². The summed E-state index contributed by atoms with van der Waals surface area (Å²) < 4.78 is 61.1. The molecular weight excluding hydrogens is 223 g/mol. The second kappa shape index (κ2) is 3.52. The Balaban J connectivity index is 3.47. The smallest absolute Gasteiger partial charge is 0.418 e. The standard InChI is InChI=1S/C7H5F5N2O/c8-5(9)3-2(7(10,11)12)1-14-6(13)4(3)15/h1,5,15H,(H2,13,14). The van der Waals surface area contributed by atoms with Crippen LogP contribution in [0.4, 0.5) is 27.8 Å². The second-order valence-electron chi connectivity index (χ2n) is 2.62. The Hall–Kier alpha value is -1.60. The van der Waals surface area contributed by atoms with Crippen molar-refractivity contribution in [2.45, 2.75) is 12.6 Å². The zero-order valence-corrected chi connectivity index (χ0v) is 7.02. The van der Waals surface area contributed by atoms with Gasteiger partial charge in [-0.25, -0.2) is 13.8 Å². The third kappa shape index (κ3) is 2.08. The molecule has 1 aromatic heterocycles. The van der Waals surface area contributed by atoms with E-state index in [2.05, 4.69) is 4.98 Å². The topological polar surface area (TPSA) is 59.1 Å². The highest BCUT2D eigenvalue weighted by Crippen LogP contribution is 2.41. The fourth-order valence-electron chi connectivity index (χ4n) is 0.977. The van der Waals surface area contributed by atoms with Crippen molar-refractivity contribution in [3.8, 4) is 5.75 Å². The van der Waals surface area contributed by atoms with Gasteiger partial charge in [-0.05, 0) is 0 Å². The Morgan fingerprint density at radius 2 is 1.87 bits per heavy atom. The van der Waals surface area contributed by atoms with Crippen molar-refractivity contribution in [1.82, 2.24) is 4.98 Å². The Bertz CT molecular complexity index is 376. The molecule has 1 rings (SSSR count). The van der Waals surface area contributed by atoms with E-state index in [4.69, 9.17) is 10.8 Å². The molecule has 1 aromatic rings. The van der Waals surface area contributed by atoms with Crippen LogP contribution >= 0.6 is 0 Å². The highest BCUT2D eigenvalue weighted by molar-refractivity contribution is 5.54. The number of hydrogen-bond donors (Lipinski definition) is 2. The lowest BCUT2D eigenvalue weighted by atomic mass is 10.1. The summed E-state index contributed by atoms with van der Waals surface area (Å²) in [6.07, 6.45) is -8.33. The monoisotopic (exact) mass is 228 g/mol. The van der Waals surface area contributed by atoms with E-state index in [-0.39, 0.29) is 6.20 Å². The van der Waals surface area contributed by atoms with Gasteiger partial charge in [-0.1, -0.05) is 0 Å². The molecule has 0 aromatic carbocycles. The van der Waals surface area contributed by atoms with Crippen molar-refractivity contribution in [2.75, 3.05) is 5.73 Å². The summed E-state index contributed by atoms with van der Waals surface area (Å²) in [5, 5.41) is 8.94. The number of nitrogens with zero attached hydrogens (tertiary/aromatic N) is 1. The number of halogens is 5. The maximum Gasteiger partial charge on any atom is 0.418 e. The largest absolute Gasteiger partial charge is 0.504 e. The number of aromatic nitrogens is 1. The van der Waals surface area contributed by atoms with Crippen molar-refractivity contribution in [3.05, 3.63) is 17.3 Å². The minimum absolute atomic E-state index is 0.163. The molecule has 1 heterocycles. The first-order valence-electron chi connectivity index (χ1n) is 3.57. The molecule has 8 heteroatoms. The quantitative estimate of drug-likeness (QED) is 0.725. The molecule has 0 radical (unpaired) electrons. The number of alkyl halides is 5. The maximum atomic E-state index is 12.3. The zero-order valence-electron chi connectivity index (χ0n) is 7.02. The lowest BCUT2D eigenvalue weighted by molar-refractivity contribution is -0.139. The van der Waals surface area contributed by atoms with Gasteiger partial charge in [0.15, 0.2) is 11.6 Å². The number of nitrogen functional groups attached to an aromatic ring is 1. The summed E-state index contributed by atoms with van der Waals surface area (Å²) in [4.78, 5) is 2.96. The predicted molar refractivity (Wildman–Crippen MR) is 40.3 cm³/mol. The van der Waals surface area contributed by atoms with Gasteiger partial charge in [-0.3, -0.25) is 0 Å². The van der Waals surface area contributed by atoms with Gasteiger partial charge in [0.25, 0.3) is 6.43 Å². The van der Waals surface area contributed by atoms with Crippen LogP contribution in [0.1, 0.15) is 17.6 Å². The maximum absolute atomic E-state index is 12.3. The molecule has 0 bridgehead atoms. The van der Waals surface area contributed by atoms with Crippen LogP contribution < -0.4 is 5.73 Å². The number of nitrogens with two attached hydrogens (primary N) is 1. The van der Waals surface area contributed by atoms with Gasteiger partial charge < -0.3 is 10.8 Å². The molecular formula is C7H5F5N2O. The minimum Gasteiger partial charge on any atom is -0.504 e. The molecule has 0 aliphatic carbocycles. The molecule has 0 saturated heterocycles. The van der Waals surface area contributed by atoms with Crippen LogP contribution in [0.25, 0.3) is 0 Å². The number of pyridine rings is 1. The van der Waals surface area contributed by atoms with Crippen molar-refractivity contribution in [1.29, 1.82) is 0 Å². The van der Waals surface area contributed by atoms with E-state index in [9.17, 15) is 22.0 Å². The molecule has 15 heavy (non-hydrogen) atoms. The van der Waals surface area contributed by atoms with Gasteiger partial charge in [0.05, 0.1) is 11.1 Å². The van der Waals surface area contributed by atoms with Crippen molar-refractivity contribution < 1.29 is 27.1 Å². The van der Waals surface area contributed by atoms with Crippen LogP contribution in [0.5, 0.6) is 5.75 Å². The average Bonchev–Trinajstić information content (AvgIpc) is 2.06. The first-order valence-corrected chi connectivity index (χ1v) is 3.57. The van der Waals surface area contributed by atoms with Crippen molar-refractivity contribution in [3.63, 3.8) is 0 Å². The van der Waals surface area contributed by atoms with Crippen LogP contribution in [0.15, 0.2) is 6.20 Å². The normalized spacial score (nSPS) is 12.1. The Morgan fingerprint density at radius 3 is 2.27 bits per heavy atom. The van der Waals surface area contributed by atoms with Gasteiger partial charge in [0.2, 0.25) is 0 Å². The molecule has 0 unspecified atom stereocenters. The van der Waals surface area contributed by atoms with E-state index in [1.807, 2.05) is 0 Å². The number of rotatable bonds is 1. The number of aromatic hydroxyl groups is 1. The molecule has 0 saturated carbocycles. The van der Waals surface area contributed by atoms with E-state index in [1.165, 1.54) is 0 Å². The fourth-order valence-corrected chi connectivity index (χ4v) is 0.977. The second-order valence-corrected chi connectivity index (χ2v) is 2.62. The van der Waals surface area contributed by atoms with Gasteiger partial charge in [0.1, 0.15) is 0 Å². The number of hydrogen-bond acceptors (Lipinski definition) is 3. The lowest BCUT2D eigenvalue weighted by Gasteiger charge is -2.13. The van der Waals surface area contributed by atoms with Crippen LogP contribution in [0.3, 0.4) is 0 Å². The predicted octanol–water partition coefficient (Wildman–Crippen LogP) is 2.33. The summed E-state index contributed by atoms with van der Waals surface area (Å²) in [6.45, 7) is 0. The Labute approximate surface area is 80.3 Å². The first-order chi connectivity index (χ1) is 6.75. The molecule has 0 fully saturated rings. The van der Waals surface area contributed by atoms with Gasteiger partial charge in [-0.2, -0.15) is 13.2 Å². The van der Waals surface area contributed by atoms with Crippen LogP contribution in [-0.2, 0) is 6.18 Å². The molecule has 0 aliphatic rings. The molecule has 0 aliphatic heterocycles. The van der Waals surface area contributed by atoms with Crippen LogP contribution in [0, 0.1) is 0 Å². The summed E-state index contributed by atoms with van der Waals surface area (Å²) in [5.74, 6) is -2.10. The summed E-state index contributed by atoms with van der Waals surface area (Å²) in [7, 11) is 0. The lowest BCUT2D eigenvalue weighted by Crippen LogP contribution is -2.11. The molecule has 3 nitrogen and oxygen atoms in total. The zero-order chi connectivity index (χ0) is 11.8. The first kappa shape index (κ1) is 11.5. The van der Waals surface area contributed by atoms with Crippen LogP contribution in [-0.4, -0.2) is 10.1 Å². The third-order valence-corrected chi connectivity index (χ3v) is 1.64. The van der Waals surface area contributed by atoms with Gasteiger partial charge >= 0.3 is 6.18 Å². The summed E-state index contributed by atoms with van der Waals surface area (Å²) in [6, 6.07) is 0. The van der Waals surface area contributed by atoms with E-state index >= 15 is 0 Å². The van der Waals surface area contributed by atoms with E-state index < -0.39 is 35.3 Å². The molecule has 0 atom stereocenters. The van der Waals surface area contributed by atoms with E-state index in [1.54, 1.807) is 0 Å². The van der Waals surface area contributed by atoms with E-state index in [0.717, 1.165) is 0 Å². The SMILES string of the molecule is Nc1ncc(C(F)(F)F)c(C(F)F)c1O. The fraction of sp³-hybridized carbons (Fsp3) is 0.286. The van der Waals surface area contributed by atoms with Crippen molar-refractivity contribution in [2.24, 2.45) is 0 Å². The van der Waals surface area contributed by atoms with Gasteiger partial charge in [0, 0.05) is 6.20 Å². The highest BCUT2D eigenvalue weighted by Gasteiger charge is 2.38. The molecule has 0 amide bonds. The summed E-state index contributed by atoms with van der Waals surface area (Å²) in [5.41, 5.74) is 1.67. The molecule has 0 spiro atoms. The number of anilines is 1. The Kier molecular flexibility index (Phi) is 2.69. The third-order valence-electron chi connectivity index (χ3n) is 1.64. The molecule has 84 valence electrons. The Morgan fingerprint density at radius 1 is 1.33 bits per heavy atom. The van der Waals surface area contributed by atoms with E-state index in [0.29, 0.717) is 0 Å². The van der Waals surface area contributed by atoms with Crippen LogP contribution in [0.2, 0.25) is 0 Å². The molecule has 3 N–H and O–H groups in total.